The molecular formula is C20H25ClN4O. The number of halogens is 1. The summed E-state index contributed by atoms with van der Waals surface area (Å²) in [5, 5.41) is 4.00. The second kappa shape index (κ2) is 9.36. The zero-order valence-electron chi connectivity index (χ0n) is 15.2. The summed E-state index contributed by atoms with van der Waals surface area (Å²) in [7, 11) is 4.11. The van der Waals surface area contributed by atoms with Crippen molar-refractivity contribution in [1.82, 2.24) is 14.5 Å². The molecule has 5 nitrogen and oxygen atoms in total. The second-order valence-corrected chi connectivity index (χ2v) is 6.41. The van der Waals surface area contributed by atoms with Crippen molar-refractivity contribution in [3.63, 3.8) is 0 Å². The van der Waals surface area contributed by atoms with E-state index in [0.29, 0.717) is 17.9 Å². The number of hydrogen-bond donors (Lipinski definition) is 1. The number of para-hydroxylation sites is 1. The summed E-state index contributed by atoms with van der Waals surface area (Å²) < 4.78 is 1.73. The molecule has 1 heterocycles. The number of anilines is 1. The monoisotopic (exact) mass is 372 g/mol. The van der Waals surface area contributed by atoms with Crippen molar-refractivity contribution in [2.75, 3.05) is 32.5 Å². The smallest absolute Gasteiger partial charge is 0.263 e. The number of fused-ring (bicyclic) bond motifs is 1. The Labute approximate surface area is 160 Å². The summed E-state index contributed by atoms with van der Waals surface area (Å²) in [5.74, 6) is 0.631. The van der Waals surface area contributed by atoms with Gasteiger partial charge in [0.15, 0.2) is 0 Å². The first-order valence-electron chi connectivity index (χ1n) is 8.57. The molecule has 0 saturated carbocycles. The first-order valence-corrected chi connectivity index (χ1v) is 8.57. The van der Waals surface area contributed by atoms with Crippen LogP contribution in [0.5, 0.6) is 0 Å². The average molecular weight is 373 g/mol. The van der Waals surface area contributed by atoms with Crippen LogP contribution in [0.4, 0.5) is 5.95 Å². The Kier molecular flexibility index (Phi) is 7.18. The van der Waals surface area contributed by atoms with Gasteiger partial charge in [0.2, 0.25) is 5.95 Å². The van der Waals surface area contributed by atoms with E-state index >= 15 is 0 Å². The number of hydrogen-bond acceptors (Lipinski definition) is 4. The summed E-state index contributed by atoms with van der Waals surface area (Å²) in [4.78, 5) is 19.8. The van der Waals surface area contributed by atoms with E-state index in [1.54, 1.807) is 4.57 Å². The molecule has 2 aromatic carbocycles. The van der Waals surface area contributed by atoms with Gasteiger partial charge in [0, 0.05) is 6.54 Å². The molecule has 0 aliphatic heterocycles. The highest BCUT2D eigenvalue weighted by Crippen LogP contribution is 2.13. The molecule has 0 amide bonds. The summed E-state index contributed by atoms with van der Waals surface area (Å²) >= 11 is 0. The topological polar surface area (TPSA) is 50.2 Å². The minimum absolute atomic E-state index is 0. The van der Waals surface area contributed by atoms with Crippen molar-refractivity contribution in [3.05, 3.63) is 70.5 Å². The van der Waals surface area contributed by atoms with Crippen molar-refractivity contribution in [3.8, 4) is 0 Å². The molecule has 0 atom stereocenters. The molecule has 0 unspecified atom stereocenters. The fourth-order valence-electron chi connectivity index (χ4n) is 2.81. The van der Waals surface area contributed by atoms with Crippen LogP contribution in [-0.2, 0) is 6.54 Å². The molecule has 6 heteroatoms. The Balaban J connectivity index is 0.00000243. The molecule has 0 spiro atoms. The van der Waals surface area contributed by atoms with E-state index in [1.165, 1.54) is 0 Å². The minimum atomic E-state index is -0.00966. The first-order chi connectivity index (χ1) is 12.1. The molecule has 0 radical (unpaired) electrons. The predicted molar refractivity (Wildman–Crippen MR) is 110 cm³/mol. The lowest BCUT2D eigenvalue weighted by molar-refractivity contribution is 0.405. The van der Waals surface area contributed by atoms with Gasteiger partial charge in [-0.05, 0) is 44.8 Å². The predicted octanol–water partition coefficient (Wildman–Crippen LogP) is 3.23. The summed E-state index contributed by atoms with van der Waals surface area (Å²) in [6, 6.07) is 17.5. The van der Waals surface area contributed by atoms with Crippen molar-refractivity contribution in [2.24, 2.45) is 0 Å². The second-order valence-electron chi connectivity index (χ2n) is 6.41. The highest BCUT2D eigenvalue weighted by atomic mass is 35.5. The van der Waals surface area contributed by atoms with Crippen molar-refractivity contribution < 1.29 is 0 Å². The SMILES string of the molecule is CN(C)CCCNc1nc2ccccc2c(=O)n1Cc1ccccc1.Cl. The Morgan fingerprint density at radius 3 is 2.46 bits per heavy atom. The molecule has 0 aliphatic rings. The molecule has 0 fully saturated rings. The normalized spacial score (nSPS) is 10.7. The lowest BCUT2D eigenvalue weighted by Gasteiger charge is -2.16. The van der Waals surface area contributed by atoms with Crippen LogP contribution in [0.1, 0.15) is 12.0 Å². The lowest BCUT2D eigenvalue weighted by Crippen LogP contribution is -2.26. The Bertz CT molecular complexity index is 893. The Morgan fingerprint density at radius 2 is 1.73 bits per heavy atom. The maximum absolute atomic E-state index is 13.0. The van der Waals surface area contributed by atoms with Crippen LogP contribution < -0.4 is 10.9 Å². The average Bonchev–Trinajstić information content (AvgIpc) is 2.62. The molecule has 1 N–H and O–H groups in total. The van der Waals surface area contributed by atoms with Gasteiger partial charge in [-0.1, -0.05) is 42.5 Å². The molecule has 0 saturated heterocycles. The van der Waals surface area contributed by atoms with Crippen LogP contribution in [-0.4, -0.2) is 41.6 Å². The van der Waals surface area contributed by atoms with E-state index in [1.807, 2.05) is 54.6 Å². The van der Waals surface area contributed by atoms with Gasteiger partial charge in [-0.15, -0.1) is 12.4 Å². The molecule has 0 aliphatic carbocycles. The van der Waals surface area contributed by atoms with Crippen molar-refractivity contribution in [2.45, 2.75) is 13.0 Å². The standard InChI is InChI=1S/C20H24N4O.ClH/c1-23(2)14-8-13-21-20-22-18-12-7-6-11-17(18)19(25)24(20)15-16-9-4-3-5-10-16;/h3-7,9-12H,8,13-15H2,1-2H3,(H,21,22);1H. The molecule has 3 rings (SSSR count). The molecule has 26 heavy (non-hydrogen) atoms. The van der Waals surface area contributed by atoms with Crippen LogP contribution in [0.25, 0.3) is 10.9 Å². The number of benzene rings is 2. The number of aromatic nitrogens is 2. The lowest BCUT2D eigenvalue weighted by atomic mass is 10.2. The van der Waals surface area contributed by atoms with E-state index in [4.69, 9.17) is 0 Å². The summed E-state index contributed by atoms with van der Waals surface area (Å²) in [5.41, 5.74) is 1.80. The Hall–Kier alpha value is -2.37. The van der Waals surface area contributed by atoms with E-state index in [0.717, 1.165) is 30.6 Å². The van der Waals surface area contributed by atoms with E-state index in [2.05, 4.69) is 29.3 Å². The zero-order chi connectivity index (χ0) is 17.6. The summed E-state index contributed by atoms with van der Waals surface area (Å²) in [6.45, 7) is 2.27. The van der Waals surface area contributed by atoms with E-state index in [9.17, 15) is 4.79 Å². The van der Waals surface area contributed by atoms with Crippen LogP contribution >= 0.6 is 12.4 Å². The number of nitrogens with zero attached hydrogens (tertiary/aromatic N) is 3. The molecule has 3 aromatic rings. The molecular weight excluding hydrogens is 348 g/mol. The van der Waals surface area contributed by atoms with Gasteiger partial charge in [0.05, 0.1) is 17.4 Å². The van der Waals surface area contributed by atoms with E-state index < -0.39 is 0 Å². The van der Waals surface area contributed by atoms with Gasteiger partial charge in [-0.3, -0.25) is 9.36 Å². The Morgan fingerprint density at radius 1 is 1.04 bits per heavy atom. The number of nitrogens with one attached hydrogen (secondary N) is 1. The van der Waals surface area contributed by atoms with Gasteiger partial charge >= 0.3 is 0 Å². The van der Waals surface area contributed by atoms with Crippen molar-refractivity contribution >= 4 is 29.3 Å². The molecule has 138 valence electrons. The maximum atomic E-state index is 13.0. The van der Waals surface area contributed by atoms with Crippen LogP contribution in [0.2, 0.25) is 0 Å². The summed E-state index contributed by atoms with van der Waals surface area (Å²) in [6.07, 6.45) is 0.987. The van der Waals surface area contributed by atoms with E-state index in [-0.39, 0.29) is 18.0 Å². The minimum Gasteiger partial charge on any atom is -0.355 e. The maximum Gasteiger partial charge on any atom is 0.263 e. The largest absolute Gasteiger partial charge is 0.355 e. The third kappa shape index (κ3) is 4.84. The highest BCUT2D eigenvalue weighted by molar-refractivity contribution is 5.85. The van der Waals surface area contributed by atoms with Crippen LogP contribution in [0, 0.1) is 0 Å². The first kappa shape index (κ1) is 19.9. The van der Waals surface area contributed by atoms with Crippen molar-refractivity contribution in [1.29, 1.82) is 0 Å². The van der Waals surface area contributed by atoms with Gasteiger partial charge in [0.25, 0.3) is 5.56 Å². The number of rotatable bonds is 7. The third-order valence-electron chi connectivity index (χ3n) is 4.11. The van der Waals surface area contributed by atoms with Crippen LogP contribution in [0.3, 0.4) is 0 Å². The molecule has 0 bridgehead atoms. The quantitative estimate of drug-likeness (QED) is 0.647. The fraction of sp³-hybridized carbons (Fsp3) is 0.300. The van der Waals surface area contributed by atoms with Gasteiger partial charge in [-0.2, -0.15) is 0 Å². The zero-order valence-corrected chi connectivity index (χ0v) is 16.0. The van der Waals surface area contributed by atoms with Crippen LogP contribution in [0.15, 0.2) is 59.4 Å². The highest BCUT2D eigenvalue weighted by Gasteiger charge is 2.11. The van der Waals surface area contributed by atoms with Gasteiger partial charge < -0.3 is 10.2 Å². The molecule has 1 aromatic heterocycles. The van der Waals surface area contributed by atoms with Gasteiger partial charge in [0.1, 0.15) is 0 Å². The van der Waals surface area contributed by atoms with Gasteiger partial charge in [-0.25, -0.2) is 4.98 Å². The fourth-order valence-corrected chi connectivity index (χ4v) is 2.81. The third-order valence-corrected chi connectivity index (χ3v) is 4.11.